The molecule has 0 heterocycles. The molecule has 0 saturated heterocycles. The van der Waals surface area contributed by atoms with E-state index >= 15 is 0 Å². The van der Waals surface area contributed by atoms with Gasteiger partial charge in [0.2, 0.25) is 0 Å². The summed E-state index contributed by atoms with van der Waals surface area (Å²) in [6.45, 7) is 5.26. The summed E-state index contributed by atoms with van der Waals surface area (Å²) in [5, 5.41) is 17.7. The Morgan fingerprint density at radius 3 is 2.16 bits per heavy atom. The predicted octanol–water partition coefficient (Wildman–Crippen LogP) is 2.62. The number of hydrogen-bond acceptors (Lipinski definition) is 4. The molecule has 19 heavy (non-hydrogen) atoms. The molecule has 0 N–H and O–H groups in total. The first-order chi connectivity index (χ1) is 8.79. The van der Waals surface area contributed by atoms with Crippen molar-refractivity contribution in [1.82, 2.24) is 0 Å². The van der Waals surface area contributed by atoms with Gasteiger partial charge in [-0.05, 0) is 18.2 Å². The second kappa shape index (κ2) is 5.46. The summed E-state index contributed by atoms with van der Waals surface area (Å²) < 4.78 is 0. The molecule has 1 rings (SSSR count). The van der Waals surface area contributed by atoms with E-state index in [0.717, 1.165) is 0 Å². The average Bonchev–Trinajstić information content (AvgIpc) is 2.36. The fourth-order valence-electron chi connectivity index (χ4n) is 1.42. The summed E-state index contributed by atoms with van der Waals surface area (Å²) in [5.74, 6) is -0.485. The number of Topliss-reactive ketones (excluding diaryl/α,β-unsaturated/α-hetero) is 2. The molecule has 0 spiro atoms. The number of carbonyl (C=O) groups is 2. The van der Waals surface area contributed by atoms with Crippen LogP contribution in [0.5, 0.6) is 0 Å². The third-order valence-corrected chi connectivity index (χ3v) is 2.74. The molecule has 96 valence electrons. The van der Waals surface area contributed by atoms with Crippen LogP contribution in [0.2, 0.25) is 0 Å². The average molecular weight is 254 g/mol. The highest BCUT2D eigenvalue weighted by molar-refractivity contribution is 6.09. The summed E-state index contributed by atoms with van der Waals surface area (Å²) in [6.07, 6.45) is -0.194. The Labute approximate surface area is 112 Å². The first-order valence-corrected chi connectivity index (χ1v) is 5.80. The van der Waals surface area contributed by atoms with E-state index in [4.69, 9.17) is 10.5 Å². The van der Waals surface area contributed by atoms with E-state index in [2.05, 4.69) is 0 Å². The maximum absolute atomic E-state index is 12.0. The van der Waals surface area contributed by atoms with E-state index < -0.39 is 5.41 Å². The Kier molecular flexibility index (Phi) is 4.19. The molecule has 0 radical (unpaired) electrons. The number of rotatable bonds is 3. The number of hydrogen-bond donors (Lipinski definition) is 0. The SMILES string of the molecule is CC(C)(C)C(=O)CC(=O)c1ccc(C#N)c(C#N)c1. The largest absolute Gasteiger partial charge is 0.299 e. The molecule has 0 unspecified atom stereocenters. The molecule has 0 aliphatic rings. The van der Waals surface area contributed by atoms with E-state index in [1.165, 1.54) is 18.2 Å². The Hall–Kier alpha value is -2.46. The van der Waals surface area contributed by atoms with Crippen LogP contribution < -0.4 is 0 Å². The fourth-order valence-corrected chi connectivity index (χ4v) is 1.42. The minimum Gasteiger partial charge on any atom is -0.299 e. The van der Waals surface area contributed by atoms with Crippen LogP contribution in [-0.2, 0) is 4.79 Å². The zero-order chi connectivity index (χ0) is 14.6. The number of benzene rings is 1. The second-order valence-electron chi connectivity index (χ2n) is 5.26. The lowest BCUT2D eigenvalue weighted by molar-refractivity contribution is -0.125. The topological polar surface area (TPSA) is 81.7 Å². The van der Waals surface area contributed by atoms with Crippen molar-refractivity contribution in [3.8, 4) is 12.1 Å². The van der Waals surface area contributed by atoms with Crippen LogP contribution in [0, 0.1) is 28.1 Å². The molecule has 1 aromatic rings. The molecule has 1 aromatic carbocycles. The van der Waals surface area contributed by atoms with Gasteiger partial charge in [0.15, 0.2) is 5.78 Å². The van der Waals surface area contributed by atoms with Crippen molar-refractivity contribution >= 4 is 11.6 Å². The van der Waals surface area contributed by atoms with Crippen molar-refractivity contribution in [3.05, 3.63) is 34.9 Å². The molecule has 4 heteroatoms. The Balaban J connectivity index is 3.00. The minimum atomic E-state index is -0.569. The molecule has 0 aliphatic heterocycles. The second-order valence-corrected chi connectivity index (χ2v) is 5.26. The zero-order valence-corrected chi connectivity index (χ0v) is 11.2. The normalized spacial score (nSPS) is 10.4. The van der Waals surface area contributed by atoms with Crippen molar-refractivity contribution < 1.29 is 9.59 Å². The molecular formula is C15H14N2O2. The van der Waals surface area contributed by atoms with E-state index in [1.54, 1.807) is 20.8 Å². The highest BCUT2D eigenvalue weighted by Crippen LogP contribution is 2.19. The van der Waals surface area contributed by atoms with Gasteiger partial charge in [0.1, 0.15) is 17.9 Å². The van der Waals surface area contributed by atoms with Gasteiger partial charge in [-0.2, -0.15) is 10.5 Å². The summed E-state index contributed by atoms with van der Waals surface area (Å²) in [6, 6.07) is 7.99. The molecule has 0 fully saturated rings. The number of nitrogens with zero attached hydrogens (tertiary/aromatic N) is 2. The molecule has 0 aliphatic carbocycles. The van der Waals surface area contributed by atoms with Gasteiger partial charge in [0, 0.05) is 11.0 Å². The summed E-state index contributed by atoms with van der Waals surface area (Å²) in [4.78, 5) is 23.7. The van der Waals surface area contributed by atoms with Gasteiger partial charge in [0.05, 0.1) is 17.5 Å². The molecular weight excluding hydrogens is 240 g/mol. The highest BCUT2D eigenvalue weighted by Gasteiger charge is 2.24. The van der Waals surface area contributed by atoms with Crippen LogP contribution in [0.1, 0.15) is 48.7 Å². The van der Waals surface area contributed by atoms with Crippen LogP contribution >= 0.6 is 0 Å². The number of nitriles is 2. The fraction of sp³-hybridized carbons (Fsp3) is 0.333. The third-order valence-electron chi connectivity index (χ3n) is 2.74. The number of carbonyl (C=O) groups excluding carboxylic acids is 2. The van der Waals surface area contributed by atoms with Gasteiger partial charge in [-0.1, -0.05) is 20.8 Å². The van der Waals surface area contributed by atoms with E-state index in [0.29, 0.717) is 0 Å². The molecule has 0 aromatic heterocycles. The molecule has 4 nitrogen and oxygen atoms in total. The van der Waals surface area contributed by atoms with Gasteiger partial charge in [-0.25, -0.2) is 0 Å². The maximum Gasteiger partial charge on any atom is 0.170 e. The summed E-state index contributed by atoms with van der Waals surface area (Å²) in [7, 11) is 0. The van der Waals surface area contributed by atoms with Crippen LogP contribution in [0.4, 0.5) is 0 Å². The van der Waals surface area contributed by atoms with Crippen molar-refractivity contribution in [1.29, 1.82) is 10.5 Å². The lowest BCUT2D eigenvalue weighted by atomic mass is 9.87. The summed E-state index contributed by atoms with van der Waals surface area (Å²) >= 11 is 0. The smallest absolute Gasteiger partial charge is 0.170 e. The summed E-state index contributed by atoms with van der Waals surface area (Å²) in [5.41, 5.74) is 0.0891. The standard InChI is InChI=1S/C15H14N2O2/c1-15(2,3)14(19)7-13(18)10-4-5-11(8-16)12(6-10)9-17/h4-6H,7H2,1-3H3. The molecule has 0 amide bonds. The maximum atomic E-state index is 12.0. The quantitative estimate of drug-likeness (QED) is 0.613. The third kappa shape index (κ3) is 3.50. The van der Waals surface area contributed by atoms with Gasteiger partial charge in [0.25, 0.3) is 0 Å². The Morgan fingerprint density at radius 2 is 1.68 bits per heavy atom. The molecule has 0 bridgehead atoms. The van der Waals surface area contributed by atoms with Crippen molar-refractivity contribution in [2.24, 2.45) is 5.41 Å². The van der Waals surface area contributed by atoms with E-state index in [-0.39, 0.29) is 34.7 Å². The first-order valence-electron chi connectivity index (χ1n) is 5.80. The Morgan fingerprint density at radius 1 is 1.11 bits per heavy atom. The monoisotopic (exact) mass is 254 g/mol. The van der Waals surface area contributed by atoms with Crippen molar-refractivity contribution in [2.45, 2.75) is 27.2 Å². The van der Waals surface area contributed by atoms with Crippen molar-refractivity contribution in [2.75, 3.05) is 0 Å². The predicted molar refractivity (Wildman–Crippen MR) is 69.3 cm³/mol. The van der Waals surface area contributed by atoms with Crippen LogP contribution in [0.15, 0.2) is 18.2 Å². The van der Waals surface area contributed by atoms with Gasteiger partial charge >= 0.3 is 0 Å². The van der Waals surface area contributed by atoms with Crippen LogP contribution in [0.25, 0.3) is 0 Å². The van der Waals surface area contributed by atoms with Crippen molar-refractivity contribution in [3.63, 3.8) is 0 Å². The minimum absolute atomic E-state index is 0.150. The van der Waals surface area contributed by atoms with E-state index in [9.17, 15) is 9.59 Å². The lowest BCUT2D eigenvalue weighted by Gasteiger charge is -2.15. The van der Waals surface area contributed by atoms with Gasteiger partial charge in [-0.3, -0.25) is 9.59 Å². The highest BCUT2D eigenvalue weighted by atomic mass is 16.1. The molecule has 0 atom stereocenters. The van der Waals surface area contributed by atoms with Gasteiger partial charge in [-0.15, -0.1) is 0 Å². The molecule has 0 saturated carbocycles. The lowest BCUT2D eigenvalue weighted by Crippen LogP contribution is -2.23. The Bertz CT molecular complexity index is 611. The van der Waals surface area contributed by atoms with Crippen LogP contribution in [-0.4, -0.2) is 11.6 Å². The van der Waals surface area contributed by atoms with Gasteiger partial charge < -0.3 is 0 Å². The van der Waals surface area contributed by atoms with E-state index in [1.807, 2.05) is 12.1 Å². The number of ketones is 2. The first kappa shape index (κ1) is 14.6. The zero-order valence-electron chi connectivity index (χ0n) is 11.2. The van der Waals surface area contributed by atoms with Crippen LogP contribution in [0.3, 0.4) is 0 Å².